The fourth-order valence-corrected chi connectivity index (χ4v) is 5.27. The van der Waals surface area contributed by atoms with E-state index in [1.807, 2.05) is 44.2 Å². The first-order chi connectivity index (χ1) is 18.6. The predicted molar refractivity (Wildman–Crippen MR) is 150 cm³/mol. The van der Waals surface area contributed by atoms with E-state index >= 15 is 0 Å². The Labute approximate surface area is 232 Å². The van der Waals surface area contributed by atoms with Crippen LogP contribution in [-0.4, -0.2) is 60.1 Å². The number of benzene rings is 1. The van der Waals surface area contributed by atoms with Gasteiger partial charge in [-0.1, -0.05) is 69.9 Å². The highest BCUT2D eigenvalue weighted by molar-refractivity contribution is 5.87. The zero-order valence-electron chi connectivity index (χ0n) is 23.9. The van der Waals surface area contributed by atoms with Gasteiger partial charge in [-0.25, -0.2) is 0 Å². The second-order valence-electron chi connectivity index (χ2n) is 10.8. The van der Waals surface area contributed by atoms with Crippen LogP contribution in [0, 0.1) is 11.8 Å². The SMILES string of the molecule is CCC(C)C(NC(C)=O)C(=O)NC(C[C@H](O)C(Cc1ccccc1)NC(=O)CCC(=O)OC)C1CCCCC1. The highest BCUT2D eigenvalue weighted by Crippen LogP contribution is 2.29. The number of methoxy groups -OCH3 is 1. The monoisotopic (exact) mass is 545 g/mol. The molecule has 1 fully saturated rings. The minimum atomic E-state index is -0.942. The molecule has 9 nitrogen and oxygen atoms in total. The molecule has 4 unspecified atom stereocenters. The van der Waals surface area contributed by atoms with Gasteiger partial charge in [0.25, 0.3) is 0 Å². The Morgan fingerprint density at radius 1 is 1.00 bits per heavy atom. The lowest BCUT2D eigenvalue weighted by Gasteiger charge is -2.36. The van der Waals surface area contributed by atoms with Gasteiger partial charge in [-0.15, -0.1) is 0 Å². The van der Waals surface area contributed by atoms with E-state index in [0.717, 1.165) is 44.1 Å². The predicted octanol–water partition coefficient (Wildman–Crippen LogP) is 3.03. The molecule has 39 heavy (non-hydrogen) atoms. The average molecular weight is 546 g/mol. The molecule has 0 radical (unpaired) electrons. The molecule has 4 N–H and O–H groups in total. The van der Waals surface area contributed by atoms with Gasteiger partial charge in [0.2, 0.25) is 17.7 Å². The second kappa shape index (κ2) is 16.9. The summed E-state index contributed by atoms with van der Waals surface area (Å²) < 4.78 is 4.64. The Balaban J connectivity index is 2.22. The van der Waals surface area contributed by atoms with Crippen LogP contribution in [0.3, 0.4) is 0 Å². The third-order valence-electron chi connectivity index (χ3n) is 7.79. The van der Waals surface area contributed by atoms with Crippen LogP contribution < -0.4 is 16.0 Å². The Morgan fingerprint density at radius 3 is 2.26 bits per heavy atom. The van der Waals surface area contributed by atoms with Gasteiger partial charge in [0.15, 0.2) is 0 Å². The summed E-state index contributed by atoms with van der Waals surface area (Å²) in [6, 6.07) is 8.00. The number of aliphatic hydroxyl groups is 1. The van der Waals surface area contributed by atoms with Crippen LogP contribution in [0.2, 0.25) is 0 Å². The van der Waals surface area contributed by atoms with Gasteiger partial charge in [0.05, 0.1) is 25.7 Å². The van der Waals surface area contributed by atoms with Crippen molar-refractivity contribution < 1.29 is 29.0 Å². The normalized spacial score (nSPS) is 17.7. The number of ether oxygens (including phenoxy) is 1. The van der Waals surface area contributed by atoms with Gasteiger partial charge in [0.1, 0.15) is 6.04 Å². The topological polar surface area (TPSA) is 134 Å². The molecule has 0 heterocycles. The summed E-state index contributed by atoms with van der Waals surface area (Å²) >= 11 is 0. The number of hydrogen-bond donors (Lipinski definition) is 4. The van der Waals surface area contributed by atoms with Gasteiger partial charge >= 0.3 is 5.97 Å². The highest BCUT2D eigenvalue weighted by Gasteiger charge is 2.34. The lowest BCUT2D eigenvalue weighted by Crippen LogP contribution is -2.55. The van der Waals surface area contributed by atoms with Crippen LogP contribution in [0.4, 0.5) is 0 Å². The van der Waals surface area contributed by atoms with Crippen LogP contribution in [-0.2, 0) is 30.3 Å². The van der Waals surface area contributed by atoms with E-state index in [0.29, 0.717) is 6.42 Å². The molecule has 1 aromatic rings. The molecule has 2 rings (SSSR count). The van der Waals surface area contributed by atoms with Gasteiger partial charge in [-0.05, 0) is 43.1 Å². The lowest BCUT2D eigenvalue weighted by atomic mass is 9.80. The molecule has 5 atom stereocenters. The van der Waals surface area contributed by atoms with Gasteiger partial charge in [-0.2, -0.15) is 0 Å². The summed E-state index contributed by atoms with van der Waals surface area (Å²) in [5, 5.41) is 20.3. The van der Waals surface area contributed by atoms with Crippen molar-refractivity contribution in [3.05, 3.63) is 35.9 Å². The minimum Gasteiger partial charge on any atom is -0.469 e. The Hall–Kier alpha value is -2.94. The number of esters is 1. The molecule has 0 bridgehead atoms. The van der Waals surface area contributed by atoms with E-state index < -0.39 is 24.2 Å². The molecule has 9 heteroatoms. The smallest absolute Gasteiger partial charge is 0.306 e. The molecule has 0 saturated heterocycles. The molecule has 3 amide bonds. The molecule has 1 aliphatic rings. The molecule has 218 valence electrons. The average Bonchev–Trinajstić information content (AvgIpc) is 2.94. The number of amides is 3. The van der Waals surface area contributed by atoms with E-state index in [4.69, 9.17) is 0 Å². The first-order valence-corrected chi connectivity index (χ1v) is 14.3. The molecule has 0 aliphatic heterocycles. The standard InChI is InChI=1S/C30H47N3O6/c1-5-20(2)29(31-21(3)34)30(38)33-24(23-14-10-7-11-15-23)19-26(35)25(18-22-12-8-6-9-13-22)32-27(36)16-17-28(37)39-4/h6,8-9,12-13,20,23-26,29,35H,5,7,10-11,14-19H2,1-4H3,(H,31,34)(H,32,36)(H,33,38)/t20?,24?,25?,26-,29?/m0/s1. The maximum absolute atomic E-state index is 13.4. The van der Waals surface area contributed by atoms with Gasteiger partial charge in [0, 0.05) is 19.4 Å². The maximum atomic E-state index is 13.4. The number of carbonyl (C=O) groups is 4. The maximum Gasteiger partial charge on any atom is 0.306 e. The minimum absolute atomic E-state index is 0.0409. The van der Waals surface area contributed by atoms with Crippen LogP contribution in [0.5, 0.6) is 0 Å². The van der Waals surface area contributed by atoms with Crippen molar-refractivity contribution in [1.82, 2.24) is 16.0 Å². The highest BCUT2D eigenvalue weighted by atomic mass is 16.5. The molecule has 0 spiro atoms. The number of carbonyl (C=O) groups excluding carboxylic acids is 4. The van der Waals surface area contributed by atoms with Gasteiger partial charge in [-0.3, -0.25) is 19.2 Å². The van der Waals surface area contributed by atoms with Crippen LogP contribution >= 0.6 is 0 Å². The van der Waals surface area contributed by atoms with E-state index in [1.165, 1.54) is 14.0 Å². The van der Waals surface area contributed by atoms with E-state index in [9.17, 15) is 24.3 Å². The first kappa shape index (κ1) is 32.3. The van der Waals surface area contributed by atoms with Crippen molar-refractivity contribution in [2.75, 3.05) is 7.11 Å². The Morgan fingerprint density at radius 2 is 1.67 bits per heavy atom. The number of rotatable bonds is 15. The van der Waals surface area contributed by atoms with Crippen molar-refractivity contribution in [2.45, 2.75) is 109 Å². The Kier molecular flexibility index (Phi) is 14.0. The number of aliphatic hydroxyl groups excluding tert-OH is 1. The fourth-order valence-electron chi connectivity index (χ4n) is 5.27. The van der Waals surface area contributed by atoms with Crippen LogP contribution in [0.25, 0.3) is 0 Å². The summed E-state index contributed by atoms with van der Waals surface area (Å²) in [4.78, 5) is 49.5. The van der Waals surface area contributed by atoms with Crippen molar-refractivity contribution in [2.24, 2.45) is 11.8 Å². The summed E-state index contributed by atoms with van der Waals surface area (Å²) in [6.45, 7) is 5.32. The molecule has 0 aromatic heterocycles. The summed E-state index contributed by atoms with van der Waals surface area (Å²) in [7, 11) is 1.28. The zero-order chi connectivity index (χ0) is 28.8. The summed E-state index contributed by atoms with van der Waals surface area (Å²) in [6.07, 6.45) is 5.52. The number of nitrogens with one attached hydrogen (secondary N) is 3. The van der Waals surface area contributed by atoms with E-state index in [1.54, 1.807) is 0 Å². The van der Waals surface area contributed by atoms with Crippen molar-refractivity contribution in [3.63, 3.8) is 0 Å². The lowest BCUT2D eigenvalue weighted by molar-refractivity contribution is -0.142. The first-order valence-electron chi connectivity index (χ1n) is 14.3. The molecule has 1 aliphatic carbocycles. The largest absolute Gasteiger partial charge is 0.469 e. The van der Waals surface area contributed by atoms with Crippen molar-refractivity contribution >= 4 is 23.7 Å². The quantitative estimate of drug-likeness (QED) is 0.250. The third kappa shape index (κ3) is 11.4. The van der Waals surface area contributed by atoms with Crippen molar-refractivity contribution in [3.8, 4) is 0 Å². The fraction of sp³-hybridized carbons (Fsp3) is 0.667. The molecular weight excluding hydrogens is 498 g/mol. The number of hydrogen-bond acceptors (Lipinski definition) is 6. The van der Waals surface area contributed by atoms with E-state index in [-0.39, 0.29) is 54.9 Å². The second-order valence-corrected chi connectivity index (χ2v) is 10.8. The summed E-state index contributed by atoms with van der Waals surface area (Å²) in [5.74, 6) is -1.18. The zero-order valence-corrected chi connectivity index (χ0v) is 23.9. The molecule has 1 aromatic carbocycles. The van der Waals surface area contributed by atoms with E-state index in [2.05, 4.69) is 20.7 Å². The Bertz CT molecular complexity index is 919. The van der Waals surface area contributed by atoms with Gasteiger partial charge < -0.3 is 25.8 Å². The van der Waals surface area contributed by atoms with Crippen LogP contribution in [0.15, 0.2) is 30.3 Å². The third-order valence-corrected chi connectivity index (χ3v) is 7.79. The van der Waals surface area contributed by atoms with Crippen LogP contribution in [0.1, 0.15) is 84.1 Å². The summed E-state index contributed by atoms with van der Waals surface area (Å²) in [5.41, 5.74) is 0.954. The van der Waals surface area contributed by atoms with Crippen molar-refractivity contribution in [1.29, 1.82) is 0 Å². The molecular formula is C30H47N3O6. The molecule has 1 saturated carbocycles.